The Hall–Kier alpha value is -4.68. The first-order valence-corrected chi connectivity index (χ1v) is 18.1. The van der Waals surface area contributed by atoms with Crippen molar-refractivity contribution < 1.29 is 17.9 Å². The maximum Gasteiger partial charge on any atom is 0.274 e. The topological polar surface area (TPSA) is 137 Å². The molecule has 0 radical (unpaired) electrons. The van der Waals surface area contributed by atoms with Gasteiger partial charge >= 0.3 is 0 Å². The molecule has 2 heterocycles. The number of carbonyl (C=O) groups excluding carboxylic acids is 1. The molecule has 0 saturated carbocycles. The van der Waals surface area contributed by atoms with Crippen LogP contribution >= 0.6 is 0 Å². The second-order valence-electron chi connectivity index (χ2n) is 12.3. The molecule has 4 aromatic carbocycles. The largest absolute Gasteiger partial charge is 0.379 e. The molecule has 1 aliphatic heterocycles. The van der Waals surface area contributed by atoms with Crippen molar-refractivity contribution in [1.82, 2.24) is 19.4 Å². The Bertz CT molecular complexity index is 2070. The highest BCUT2D eigenvalue weighted by Gasteiger charge is 2.22. The van der Waals surface area contributed by atoms with Gasteiger partial charge in [0.05, 0.1) is 35.7 Å². The quantitative estimate of drug-likeness (QED) is 0.167. The van der Waals surface area contributed by atoms with Crippen molar-refractivity contribution in [2.45, 2.75) is 43.7 Å². The normalized spacial score (nSPS) is 13.8. The lowest BCUT2D eigenvalue weighted by atomic mass is 10.0. The van der Waals surface area contributed by atoms with Crippen LogP contribution in [0.4, 0.5) is 0 Å². The predicted molar refractivity (Wildman–Crippen MR) is 191 cm³/mol. The molecule has 1 aliphatic rings. The second kappa shape index (κ2) is 15.7. The summed E-state index contributed by atoms with van der Waals surface area (Å²) in [6.45, 7) is 4.96. The fourth-order valence-electron chi connectivity index (χ4n) is 6.11. The van der Waals surface area contributed by atoms with E-state index in [1.54, 1.807) is 18.2 Å². The summed E-state index contributed by atoms with van der Waals surface area (Å²) in [4.78, 5) is 28.4. The second-order valence-corrected chi connectivity index (χ2v) is 13.9. The fraction of sp³-hybridized carbons (Fsp3) is 0.289. The lowest BCUT2D eigenvalue weighted by molar-refractivity contribution is -0.119. The summed E-state index contributed by atoms with van der Waals surface area (Å²) in [7, 11) is -4.09. The van der Waals surface area contributed by atoms with Crippen molar-refractivity contribution in [2.24, 2.45) is 5.73 Å². The maximum absolute atomic E-state index is 13.6. The van der Waals surface area contributed by atoms with Crippen LogP contribution in [-0.2, 0) is 32.6 Å². The molecule has 0 unspecified atom stereocenters. The molecule has 1 saturated heterocycles. The number of ether oxygens (including phenoxy) is 1. The van der Waals surface area contributed by atoms with E-state index in [0.29, 0.717) is 29.5 Å². The monoisotopic (exact) mass is 679 g/mol. The zero-order valence-electron chi connectivity index (χ0n) is 27.4. The summed E-state index contributed by atoms with van der Waals surface area (Å²) < 4.78 is 35.6. The molecule has 3 N–H and O–H groups in total. The lowest BCUT2D eigenvalue weighted by Crippen LogP contribution is -2.35. The molecule has 1 aromatic heterocycles. The third-order valence-corrected chi connectivity index (χ3v) is 10.2. The van der Waals surface area contributed by atoms with Gasteiger partial charge in [0.25, 0.3) is 15.6 Å². The Labute approximate surface area is 286 Å². The average Bonchev–Trinajstić information content (AvgIpc) is 3.12. The number of nitrogens with zero attached hydrogens (tertiary/aromatic N) is 3. The highest BCUT2D eigenvalue weighted by Crippen LogP contribution is 2.29. The molecule has 0 aliphatic carbocycles. The molecule has 0 spiro atoms. The van der Waals surface area contributed by atoms with Crippen LogP contribution in [0.15, 0.2) is 107 Å². The van der Waals surface area contributed by atoms with E-state index in [1.807, 2.05) is 48.5 Å². The summed E-state index contributed by atoms with van der Waals surface area (Å²) >= 11 is 0. The number of carbonyl (C=O) groups is 1. The van der Waals surface area contributed by atoms with Gasteiger partial charge in [-0.15, -0.1) is 0 Å². The van der Waals surface area contributed by atoms with Gasteiger partial charge in [-0.25, -0.2) is 17.8 Å². The number of nitrogens with one attached hydrogen (secondary N) is 1. The summed E-state index contributed by atoms with van der Waals surface area (Å²) in [5.74, 6) is -0.543. The zero-order valence-corrected chi connectivity index (χ0v) is 28.2. The number of benzene rings is 4. The van der Waals surface area contributed by atoms with Gasteiger partial charge < -0.3 is 10.5 Å². The number of fused-ring (bicyclic) bond motifs is 1. The van der Waals surface area contributed by atoms with Crippen LogP contribution < -0.4 is 16.0 Å². The average molecular weight is 680 g/mol. The van der Waals surface area contributed by atoms with Gasteiger partial charge in [-0.05, 0) is 48.2 Å². The molecular formula is C38H41N5O5S. The zero-order chi connectivity index (χ0) is 34.2. The molecule has 49 heavy (non-hydrogen) atoms. The van der Waals surface area contributed by atoms with Crippen LogP contribution in [0.2, 0.25) is 0 Å². The molecule has 6 rings (SSSR count). The molecule has 5 aromatic rings. The van der Waals surface area contributed by atoms with Crippen molar-refractivity contribution in [3.63, 3.8) is 0 Å². The fourth-order valence-corrected chi connectivity index (χ4v) is 7.35. The van der Waals surface area contributed by atoms with Gasteiger partial charge in [0.1, 0.15) is 0 Å². The van der Waals surface area contributed by atoms with Crippen LogP contribution in [0.1, 0.15) is 36.8 Å². The number of rotatable bonds is 13. The number of hydrogen-bond acceptors (Lipinski definition) is 8. The minimum atomic E-state index is -4.09. The van der Waals surface area contributed by atoms with Crippen LogP contribution in [0.5, 0.6) is 0 Å². The molecule has 11 heteroatoms. The van der Waals surface area contributed by atoms with Crippen molar-refractivity contribution in [3.8, 4) is 22.4 Å². The van der Waals surface area contributed by atoms with Gasteiger partial charge in [0.15, 0.2) is 0 Å². The maximum atomic E-state index is 13.6. The van der Waals surface area contributed by atoms with Crippen LogP contribution in [-0.4, -0.2) is 61.9 Å². The molecule has 1 fully saturated rings. The van der Waals surface area contributed by atoms with Crippen molar-refractivity contribution in [2.75, 3.05) is 32.8 Å². The molecule has 10 nitrogen and oxygen atoms in total. The van der Waals surface area contributed by atoms with Gasteiger partial charge in [-0.3, -0.25) is 14.5 Å². The van der Waals surface area contributed by atoms with Crippen LogP contribution in [0.3, 0.4) is 0 Å². The third-order valence-electron chi connectivity index (χ3n) is 8.74. The molecule has 254 valence electrons. The Morgan fingerprint density at radius 2 is 1.41 bits per heavy atom. The van der Waals surface area contributed by atoms with E-state index in [4.69, 9.17) is 15.6 Å². The first-order valence-electron chi connectivity index (χ1n) is 16.7. The van der Waals surface area contributed by atoms with E-state index in [2.05, 4.69) is 33.9 Å². The number of aromatic nitrogens is 2. The van der Waals surface area contributed by atoms with E-state index in [0.717, 1.165) is 67.9 Å². The van der Waals surface area contributed by atoms with E-state index < -0.39 is 15.9 Å². The number of sulfonamides is 1. The van der Waals surface area contributed by atoms with E-state index >= 15 is 0 Å². The number of unbranched alkanes of at least 4 members (excludes halogenated alkanes) is 2. The molecule has 0 bridgehead atoms. The Kier molecular flexibility index (Phi) is 10.9. The minimum Gasteiger partial charge on any atom is -0.379 e. The first kappa shape index (κ1) is 34.2. The van der Waals surface area contributed by atoms with Gasteiger partial charge in [0, 0.05) is 42.6 Å². The Morgan fingerprint density at radius 1 is 0.776 bits per heavy atom. The summed E-state index contributed by atoms with van der Waals surface area (Å²) in [5.41, 5.74) is 10.1. The number of nitrogens with two attached hydrogens (primary N) is 1. The standard InChI is InChI=1S/C38H41N5O5S/c39-21-7-1-2-12-36(44)41-49(46,47)35-11-6-5-8-32(35)30-17-13-29(14-18-30)27-43-38(45)34-10-4-3-9-33(34)37(40-43)31-19-15-28(16-20-31)26-42-22-24-48-25-23-42/h3-6,8-11,13-20H,1-2,7,12,21-27,39H2,(H,41,44). The Morgan fingerprint density at radius 3 is 2.12 bits per heavy atom. The van der Waals surface area contributed by atoms with Crippen molar-refractivity contribution in [1.29, 1.82) is 0 Å². The van der Waals surface area contributed by atoms with Gasteiger partial charge in [-0.2, -0.15) is 5.10 Å². The van der Waals surface area contributed by atoms with Crippen LogP contribution in [0, 0.1) is 0 Å². The lowest BCUT2D eigenvalue weighted by Gasteiger charge is -2.26. The third kappa shape index (κ3) is 8.31. The summed E-state index contributed by atoms with van der Waals surface area (Å²) in [5, 5.41) is 6.23. The number of amides is 1. The molecule has 1 amide bonds. The van der Waals surface area contributed by atoms with Crippen molar-refractivity contribution in [3.05, 3.63) is 119 Å². The highest BCUT2D eigenvalue weighted by atomic mass is 32.2. The predicted octanol–water partition coefficient (Wildman–Crippen LogP) is 4.94. The van der Waals surface area contributed by atoms with Crippen molar-refractivity contribution >= 4 is 26.7 Å². The smallest absolute Gasteiger partial charge is 0.274 e. The minimum absolute atomic E-state index is 0.0195. The van der Waals surface area contributed by atoms with Crippen LogP contribution in [0.25, 0.3) is 33.2 Å². The first-order chi connectivity index (χ1) is 23.8. The molecule has 0 atom stereocenters. The van der Waals surface area contributed by atoms with Gasteiger partial charge in [0.2, 0.25) is 5.91 Å². The number of morpholine rings is 1. The molecular weight excluding hydrogens is 639 g/mol. The summed E-state index contributed by atoms with van der Waals surface area (Å²) in [6, 6.07) is 29.8. The summed E-state index contributed by atoms with van der Waals surface area (Å²) in [6.07, 6.45) is 2.23. The van der Waals surface area contributed by atoms with E-state index in [-0.39, 0.29) is 23.4 Å². The Balaban J connectivity index is 1.23. The number of hydrogen-bond donors (Lipinski definition) is 2. The van der Waals surface area contributed by atoms with E-state index in [1.165, 1.54) is 16.3 Å². The SMILES string of the molecule is NCCCCCC(=O)NS(=O)(=O)c1ccccc1-c1ccc(Cn2nc(-c3ccc(CN4CCOCC4)cc3)c3ccccc3c2=O)cc1. The highest BCUT2D eigenvalue weighted by molar-refractivity contribution is 7.90. The van der Waals surface area contributed by atoms with E-state index in [9.17, 15) is 18.0 Å². The van der Waals surface area contributed by atoms with Gasteiger partial charge in [-0.1, -0.05) is 91.3 Å².